The van der Waals surface area contributed by atoms with Crippen LogP contribution in [0.25, 0.3) is 10.8 Å². The van der Waals surface area contributed by atoms with Crippen LogP contribution in [-0.4, -0.2) is 11.6 Å². The van der Waals surface area contributed by atoms with Gasteiger partial charge in [0, 0.05) is 21.9 Å². The third-order valence-corrected chi connectivity index (χ3v) is 2.33. The topological polar surface area (TPSA) is 22.1 Å². The van der Waals surface area contributed by atoms with Crippen molar-refractivity contribution < 1.29 is 40.2 Å². The molecule has 0 unspecified atom stereocenters. The maximum absolute atomic E-state index is 13.5. The standard InChI is InChI=1S/C11H8ClFNO.CH3.U/c1-2-15-10-6-8-7(11(13)14-10)4-3-5-9(8)12;;/h3-6H,1-2H2;1H3;/q2*-1;+2. The van der Waals surface area contributed by atoms with Gasteiger partial charge in [0.1, 0.15) is 0 Å². The predicted octanol–water partition coefficient (Wildman–Crippen LogP) is 3.69. The second-order valence-electron chi connectivity index (χ2n) is 2.93. The minimum absolute atomic E-state index is 0. The molecule has 0 amide bonds. The molecular formula is C12H11ClFNOU. The number of hydrogen-bond donors (Lipinski definition) is 0. The van der Waals surface area contributed by atoms with Crippen LogP contribution in [0.2, 0.25) is 5.02 Å². The molecular weight excluding hydrogens is 467 g/mol. The van der Waals surface area contributed by atoms with Crippen molar-refractivity contribution in [3.05, 3.63) is 49.6 Å². The quantitative estimate of drug-likeness (QED) is 0.486. The van der Waals surface area contributed by atoms with Crippen LogP contribution in [0.3, 0.4) is 0 Å². The van der Waals surface area contributed by atoms with Gasteiger partial charge in [0.15, 0.2) is 0 Å². The summed E-state index contributed by atoms with van der Waals surface area (Å²) in [6, 6.07) is 6.60. The number of halogens is 2. The van der Waals surface area contributed by atoms with Gasteiger partial charge in [0.2, 0.25) is 11.8 Å². The van der Waals surface area contributed by atoms with Crippen LogP contribution in [0, 0.1) is 51.4 Å². The molecule has 0 saturated carbocycles. The van der Waals surface area contributed by atoms with Gasteiger partial charge in [0.05, 0.1) is 0 Å². The van der Waals surface area contributed by atoms with E-state index in [-0.39, 0.29) is 51.0 Å². The zero-order valence-corrected chi connectivity index (χ0v) is 14.3. The van der Waals surface area contributed by atoms with Crippen molar-refractivity contribution in [3.8, 4) is 5.88 Å². The van der Waals surface area contributed by atoms with E-state index in [4.69, 9.17) is 16.3 Å². The van der Waals surface area contributed by atoms with E-state index >= 15 is 0 Å². The molecule has 0 spiro atoms. The van der Waals surface area contributed by atoms with Gasteiger partial charge in [-0.05, 0) is 18.7 Å². The molecule has 0 N–H and O–H groups in total. The molecule has 0 bridgehead atoms. The molecule has 88 valence electrons. The molecule has 1 aromatic heterocycles. The number of fused-ring (bicyclic) bond motifs is 1. The first kappa shape index (κ1) is 16.7. The van der Waals surface area contributed by atoms with E-state index < -0.39 is 5.95 Å². The molecule has 0 fully saturated rings. The normalized spacial score (nSPS) is 9.35. The van der Waals surface area contributed by atoms with E-state index in [0.717, 1.165) is 0 Å². The van der Waals surface area contributed by atoms with Crippen LogP contribution in [0.1, 0.15) is 0 Å². The van der Waals surface area contributed by atoms with Gasteiger partial charge in [0.25, 0.3) is 0 Å². The fraction of sp³-hybridized carbons (Fsp3) is 0.0833. The summed E-state index contributed by atoms with van der Waals surface area (Å²) in [5, 5.41) is 1.46. The fourth-order valence-corrected chi connectivity index (χ4v) is 1.58. The maximum Gasteiger partial charge on any atom is 2.00 e. The van der Waals surface area contributed by atoms with Crippen LogP contribution in [0.15, 0.2) is 24.3 Å². The van der Waals surface area contributed by atoms with E-state index in [1.807, 2.05) is 0 Å². The monoisotopic (exact) mass is 477 g/mol. The van der Waals surface area contributed by atoms with Gasteiger partial charge < -0.3 is 19.1 Å². The molecule has 1 aromatic carbocycles. The van der Waals surface area contributed by atoms with Gasteiger partial charge >= 0.3 is 31.1 Å². The van der Waals surface area contributed by atoms with Crippen molar-refractivity contribution in [1.29, 1.82) is 0 Å². The van der Waals surface area contributed by atoms with Crippen LogP contribution >= 0.6 is 11.6 Å². The second kappa shape index (κ2) is 7.21. The van der Waals surface area contributed by atoms with E-state index in [1.54, 1.807) is 24.3 Å². The number of nitrogens with zero attached hydrogens (tertiary/aromatic N) is 1. The van der Waals surface area contributed by atoms with Gasteiger partial charge in [-0.2, -0.15) is 9.37 Å². The van der Waals surface area contributed by atoms with Gasteiger partial charge in [-0.3, -0.25) is 0 Å². The Morgan fingerprint density at radius 3 is 2.71 bits per heavy atom. The van der Waals surface area contributed by atoms with Crippen molar-refractivity contribution in [2.24, 2.45) is 0 Å². The van der Waals surface area contributed by atoms with Gasteiger partial charge in [-0.1, -0.05) is 17.7 Å². The number of pyridine rings is 1. The minimum atomic E-state index is -0.585. The van der Waals surface area contributed by atoms with Crippen molar-refractivity contribution in [1.82, 2.24) is 4.98 Å². The second-order valence-corrected chi connectivity index (χ2v) is 3.34. The summed E-state index contributed by atoms with van der Waals surface area (Å²) in [4.78, 5) is 3.64. The van der Waals surface area contributed by atoms with Crippen molar-refractivity contribution >= 4 is 22.4 Å². The Kier molecular flexibility index (Phi) is 7.08. The average molecular weight is 478 g/mol. The molecule has 0 aliphatic heterocycles. The van der Waals surface area contributed by atoms with E-state index in [1.165, 1.54) is 0 Å². The Labute approximate surface area is 129 Å². The maximum atomic E-state index is 13.5. The summed E-state index contributed by atoms with van der Waals surface area (Å²) in [5.41, 5.74) is 0. The van der Waals surface area contributed by atoms with Crippen LogP contribution in [0.4, 0.5) is 4.39 Å². The Bertz CT molecular complexity index is 507. The molecule has 0 radical (unpaired) electrons. The largest absolute Gasteiger partial charge is 2.00 e. The molecule has 0 aliphatic rings. The number of ether oxygens (including phenoxy) is 1. The SMILES string of the molecule is [CH2-]COc1cc2c(Cl)cccc2c(F)n1.[CH3-].[U+2]. The van der Waals surface area contributed by atoms with Crippen molar-refractivity contribution in [3.63, 3.8) is 0 Å². The van der Waals surface area contributed by atoms with E-state index in [0.29, 0.717) is 15.8 Å². The van der Waals surface area contributed by atoms with E-state index in [2.05, 4.69) is 11.9 Å². The summed E-state index contributed by atoms with van der Waals surface area (Å²) >= 11 is 5.94. The average Bonchev–Trinajstić information content (AvgIpc) is 2.20. The first-order valence-electron chi connectivity index (χ1n) is 4.39. The Hall–Kier alpha value is -0.298. The number of aromatic nitrogens is 1. The molecule has 1 heterocycles. The molecule has 2 nitrogen and oxygen atoms in total. The molecule has 2 rings (SSSR count). The summed E-state index contributed by atoms with van der Waals surface area (Å²) < 4.78 is 18.5. The zero-order valence-electron chi connectivity index (χ0n) is 9.34. The third-order valence-electron chi connectivity index (χ3n) is 2.00. The fourth-order valence-electron chi connectivity index (χ4n) is 1.35. The van der Waals surface area contributed by atoms with Crippen molar-refractivity contribution in [2.75, 3.05) is 6.61 Å². The smallest absolute Gasteiger partial charge is 0.511 e. The van der Waals surface area contributed by atoms with Crippen LogP contribution in [-0.2, 0) is 0 Å². The summed E-state index contributed by atoms with van der Waals surface area (Å²) in [6.45, 7) is 3.69. The zero-order chi connectivity index (χ0) is 10.8. The summed E-state index contributed by atoms with van der Waals surface area (Å²) in [7, 11) is 0. The predicted molar refractivity (Wildman–Crippen MR) is 64.0 cm³/mol. The first-order valence-corrected chi connectivity index (χ1v) is 4.77. The van der Waals surface area contributed by atoms with Gasteiger partial charge in [-0.15, -0.1) is 0 Å². The summed E-state index contributed by atoms with van der Waals surface area (Å²) in [5.74, 6) is -0.387. The van der Waals surface area contributed by atoms with Crippen molar-refractivity contribution in [2.45, 2.75) is 0 Å². The van der Waals surface area contributed by atoms with E-state index in [9.17, 15) is 4.39 Å². The number of benzene rings is 1. The Morgan fingerprint density at radius 1 is 1.35 bits per heavy atom. The molecule has 17 heavy (non-hydrogen) atoms. The van der Waals surface area contributed by atoms with Crippen LogP contribution < -0.4 is 4.74 Å². The van der Waals surface area contributed by atoms with Crippen LogP contribution in [0.5, 0.6) is 5.88 Å². The first-order chi connectivity index (χ1) is 7.22. The molecule has 0 saturated heterocycles. The molecule has 0 atom stereocenters. The molecule has 0 aliphatic carbocycles. The van der Waals surface area contributed by atoms with Gasteiger partial charge in [-0.25, -0.2) is 0 Å². The molecule has 5 heteroatoms. The Morgan fingerprint density at radius 2 is 2.06 bits per heavy atom. The minimum Gasteiger partial charge on any atom is -0.511 e. The Balaban J connectivity index is 0.00000128. The molecule has 2 aromatic rings. The summed E-state index contributed by atoms with van der Waals surface area (Å²) in [6.07, 6.45) is 0. The number of hydrogen-bond acceptors (Lipinski definition) is 2. The third kappa shape index (κ3) is 3.58. The number of rotatable bonds is 2.